The number of carbonyl (C=O) groups is 1. The third kappa shape index (κ3) is 3.39. The summed E-state index contributed by atoms with van der Waals surface area (Å²) in [7, 11) is 3.79. The van der Waals surface area contributed by atoms with Crippen molar-refractivity contribution < 1.29 is 9.53 Å². The number of methoxy groups -OCH3 is 1. The molecule has 0 radical (unpaired) electrons. The highest BCUT2D eigenvalue weighted by Crippen LogP contribution is 2.30. The topological polar surface area (TPSA) is 63.5 Å². The molecule has 1 aromatic heterocycles. The number of hydrogen-bond acceptors (Lipinski definition) is 5. The van der Waals surface area contributed by atoms with Crippen molar-refractivity contribution in [1.82, 2.24) is 24.6 Å². The quantitative estimate of drug-likeness (QED) is 0.815. The number of hydrogen-bond donors (Lipinski definition) is 0. The van der Waals surface area contributed by atoms with Gasteiger partial charge in [0.2, 0.25) is 0 Å². The molecule has 28 heavy (non-hydrogen) atoms. The smallest absolute Gasteiger partial charge is 0.257 e. The van der Waals surface area contributed by atoms with Gasteiger partial charge in [0.15, 0.2) is 0 Å². The van der Waals surface area contributed by atoms with Crippen molar-refractivity contribution in [3.8, 4) is 5.75 Å². The standard InChI is InChI=1S/C21H29N5O2/c1-15-7-6-8-16(19(15)28-3)21(27)25-12-10-18-22-23-20(26(18)14-13-25)17-9-4-5-11-24(17)2/h6-8,17H,4-5,9-14H2,1-3H3. The van der Waals surface area contributed by atoms with E-state index in [1.165, 1.54) is 12.8 Å². The molecule has 2 aliphatic rings. The number of para-hydroxylation sites is 1. The van der Waals surface area contributed by atoms with Crippen molar-refractivity contribution >= 4 is 5.91 Å². The molecule has 2 aromatic rings. The lowest BCUT2D eigenvalue weighted by molar-refractivity contribution is 0.0754. The van der Waals surface area contributed by atoms with Crippen molar-refractivity contribution in [1.29, 1.82) is 0 Å². The molecule has 1 fully saturated rings. The zero-order valence-corrected chi connectivity index (χ0v) is 17.0. The van der Waals surface area contributed by atoms with Crippen molar-refractivity contribution in [3.63, 3.8) is 0 Å². The summed E-state index contributed by atoms with van der Waals surface area (Å²) >= 11 is 0. The van der Waals surface area contributed by atoms with E-state index in [1.807, 2.05) is 30.0 Å². The Balaban J connectivity index is 1.54. The number of likely N-dealkylation sites (tertiary alicyclic amines) is 1. The number of fused-ring (bicyclic) bond motifs is 1. The minimum atomic E-state index is 0.0237. The molecule has 0 aliphatic carbocycles. The summed E-state index contributed by atoms with van der Waals surface area (Å²) in [6.07, 6.45) is 4.32. The van der Waals surface area contributed by atoms with Gasteiger partial charge >= 0.3 is 0 Å². The molecule has 1 saturated heterocycles. The molecule has 1 atom stereocenters. The summed E-state index contributed by atoms with van der Waals surface area (Å²) in [4.78, 5) is 17.5. The fourth-order valence-electron chi connectivity index (χ4n) is 4.46. The maximum absolute atomic E-state index is 13.2. The Kier molecular flexibility index (Phi) is 5.35. The van der Waals surface area contributed by atoms with E-state index in [0.29, 0.717) is 30.4 Å². The highest BCUT2D eigenvalue weighted by Gasteiger charge is 2.30. The van der Waals surface area contributed by atoms with Crippen molar-refractivity contribution in [2.24, 2.45) is 0 Å². The molecule has 1 amide bonds. The summed E-state index contributed by atoms with van der Waals surface area (Å²) in [5.41, 5.74) is 1.61. The van der Waals surface area contributed by atoms with Crippen LogP contribution in [0.3, 0.4) is 0 Å². The molecular weight excluding hydrogens is 354 g/mol. The van der Waals surface area contributed by atoms with Gasteiger partial charge in [-0.25, -0.2) is 0 Å². The van der Waals surface area contributed by atoms with Gasteiger partial charge in [0, 0.05) is 26.1 Å². The van der Waals surface area contributed by atoms with Crippen LogP contribution < -0.4 is 4.74 Å². The number of aryl methyl sites for hydroxylation is 1. The van der Waals surface area contributed by atoms with Crippen LogP contribution in [0.5, 0.6) is 5.75 Å². The maximum Gasteiger partial charge on any atom is 0.257 e. The summed E-state index contributed by atoms with van der Waals surface area (Å²) in [5, 5.41) is 8.99. The van der Waals surface area contributed by atoms with E-state index in [4.69, 9.17) is 4.74 Å². The molecule has 7 heteroatoms. The maximum atomic E-state index is 13.2. The first-order chi connectivity index (χ1) is 13.6. The van der Waals surface area contributed by atoms with Crippen LogP contribution in [-0.2, 0) is 13.0 Å². The lowest BCUT2D eigenvalue weighted by Crippen LogP contribution is -2.35. The van der Waals surface area contributed by atoms with E-state index in [9.17, 15) is 4.79 Å². The summed E-state index contributed by atoms with van der Waals surface area (Å²) in [6, 6.07) is 6.05. The van der Waals surface area contributed by atoms with Crippen LogP contribution in [0.1, 0.15) is 52.9 Å². The number of rotatable bonds is 3. The average molecular weight is 383 g/mol. The monoisotopic (exact) mass is 383 g/mol. The van der Waals surface area contributed by atoms with Crippen LogP contribution in [0.2, 0.25) is 0 Å². The zero-order chi connectivity index (χ0) is 19.7. The van der Waals surface area contributed by atoms with Gasteiger partial charge in [0.25, 0.3) is 5.91 Å². The summed E-state index contributed by atoms with van der Waals surface area (Å²) in [6.45, 7) is 5.11. The van der Waals surface area contributed by atoms with E-state index >= 15 is 0 Å². The third-order valence-corrected chi connectivity index (χ3v) is 6.06. The number of amides is 1. The normalized spacial score (nSPS) is 20.5. The molecule has 2 aliphatic heterocycles. The van der Waals surface area contributed by atoms with Crippen LogP contribution in [-0.4, -0.2) is 64.3 Å². The van der Waals surface area contributed by atoms with Gasteiger partial charge in [0.1, 0.15) is 17.4 Å². The second-order valence-electron chi connectivity index (χ2n) is 7.82. The zero-order valence-electron chi connectivity index (χ0n) is 17.0. The predicted octanol–water partition coefficient (Wildman–Crippen LogP) is 2.45. The molecule has 7 nitrogen and oxygen atoms in total. The molecule has 1 unspecified atom stereocenters. The molecule has 4 rings (SSSR count). The first-order valence-electron chi connectivity index (χ1n) is 10.1. The van der Waals surface area contributed by atoms with Crippen molar-refractivity contribution in [3.05, 3.63) is 41.0 Å². The fraction of sp³-hybridized carbons (Fsp3) is 0.571. The van der Waals surface area contributed by atoms with Crippen LogP contribution in [0.25, 0.3) is 0 Å². The highest BCUT2D eigenvalue weighted by atomic mass is 16.5. The number of benzene rings is 1. The van der Waals surface area contributed by atoms with Gasteiger partial charge < -0.3 is 14.2 Å². The Morgan fingerprint density at radius 3 is 2.79 bits per heavy atom. The second kappa shape index (κ2) is 7.91. The molecule has 0 bridgehead atoms. The highest BCUT2D eigenvalue weighted by molar-refractivity contribution is 5.97. The van der Waals surface area contributed by atoms with Crippen molar-refractivity contribution in [2.45, 2.75) is 45.2 Å². The minimum absolute atomic E-state index is 0.0237. The van der Waals surface area contributed by atoms with Gasteiger partial charge in [-0.2, -0.15) is 0 Å². The number of ether oxygens (including phenoxy) is 1. The molecule has 0 spiro atoms. The summed E-state index contributed by atoms with van der Waals surface area (Å²) < 4.78 is 7.74. The lowest BCUT2D eigenvalue weighted by atomic mass is 10.0. The van der Waals surface area contributed by atoms with E-state index in [2.05, 4.69) is 26.7 Å². The van der Waals surface area contributed by atoms with Gasteiger partial charge in [-0.1, -0.05) is 18.6 Å². The van der Waals surface area contributed by atoms with Gasteiger partial charge in [0.05, 0.1) is 18.7 Å². The lowest BCUT2D eigenvalue weighted by Gasteiger charge is -2.32. The average Bonchev–Trinajstić information content (AvgIpc) is 2.98. The van der Waals surface area contributed by atoms with Crippen LogP contribution in [0.4, 0.5) is 0 Å². The predicted molar refractivity (Wildman–Crippen MR) is 107 cm³/mol. The Hall–Kier alpha value is -2.41. The second-order valence-corrected chi connectivity index (χ2v) is 7.82. The SMILES string of the molecule is COc1c(C)cccc1C(=O)N1CCc2nnc(C3CCCCN3C)n2CC1. The molecular formula is C21H29N5O2. The Labute approximate surface area is 166 Å². The largest absolute Gasteiger partial charge is 0.496 e. The van der Waals surface area contributed by atoms with Crippen LogP contribution in [0.15, 0.2) is 18.2 Å². The first-order valence-corrected chi connectivity index (χ1v) is 10.1. The van der Waals surface area contributed by atoms with Gasteiger partial charge in [-0.3, -0.25) is 9.69 Å². The summed E-state index contributed by atoms with van der Waals surface area (Å²) in [5.74, 6) is 2.73. The molecule has 0 saturated carbocycles. The Bertz CT molecular complexity index is 862. The van der Waals surface area contributed by atoms with E-state index in [0.717, 1.165) is 43.1 Å². The number of carbonyl (C=O) groups excluding carboxylic acids is 1. The molecule has 3 heterocycles. The van der Waals surface area contributed by atoms with Gasteiger partial charge in [-0.15, -0.1) is 10.2 Å². The molecule has 0 N–H and O–H groups in total. The number of nitrogens with zero attached hydrogens (tertiary/aromatic N) is 5. The Morgan fingerprint density at radius 2 is 2.00 bits per heavy atom. The third-order valence-electron chi connectivity index (χ3n) is 6.06. The Morgan fingerprint density at radius 1 is 1.14 bits per heavy atom. The fourth-order valence-corrected chi connectivity index (χ4v) is 4.46. The molecule has 150 valence electrons. The minimum Gasteiger partial charge on any atom is -0.496 e. The number of piperidine rings is 1. The van der Waals surface area contributed by atoms with Crippen molar-refractivity contribution in [2.75, 3.05) is 33.8 Å². The first kappa shape index (κ1) is 18.9. The van der Waals surface area contributed by atoms with E-state index in [-0.39, 0.29) is 5.91 Å². The van der Waals surface area contributed by atoms with Crippen LogP contribution >= 0.6 is 0 Å². The van der Waals surface area contributed by atoms with E-state index in [1.54, 1.807) is 7.11 Å². The van der Waals surface area contributed by atoms with Gasteiger partial charge in [-0.05, 0) is 45.0 Å². The molecule has 1 aromatic carbocycles. The number of aromatic nitrogens is 3. The van der Waals surface area contributed by atoms with E-state index < -0.39 is 0 Å². The van der Waals surface area contributed by atoms with Crippen LogP contribution in [0, 0.1) is 6.92 Å².